The van der Waals surface area contributed by atoms with Crippen LogP contribution >= 0.6 is 0 Å². The Bertz CT molecular complexity index is 971. The minimum absolute atomic E-state index is 0.337. The summed E-state index contributed by atoms with van der Waals surface area (Å²) in [5.41, 5.74) is -1.06. The number of rotatable bonds is 4. The monoisotopic (exact) mass is 408 g/mol. The number of sulfone groups is 1. The molecule has 0 unspecified atom stereocenters. The standard InChI is InChI=1S/C16H13F5N2O3S/c1-15(2,27(25,26)12-7-10(17)4-5-11(12)18)14(24)23-13-6-3-9(8-22-13)16(19,20)21/h3-8H,1-2H3,(H,22,23,24). The maximum atomic E-state index is 13.8. The fourth-order valence-electron chi connectivity index (χ4n) is 1.98. The van der Waals surface area contributed by atoms with E-state index in [0.29, 0.717) is 30.5 Å². The summed E-state index contributed by atoms with van der Waals surface area (Å²) in [6, 6.07) is 3.25. The Labute approximate surface area is 151 Å². The number of nitrogens with zero attached hydrogens (tertiary/aromatic N) is 1. The summed E-state index contributed by atoms with van der Waals surface area (Å²) in [7, 11) is -4.68. The Hall–Kier alpha value is -2.56. The first-order valence-electron chi connectivity index (χ1n) is 7.31. The van der Waals surface area contributed by atoms with Crippen molar-refractivity contribution in [3.63, 3.8) is 0 Å². The van der Waals surface area contributed by atoms with Crippen molar-refractivity contribution in [3.05, 3.63) is 53.7 Å². The maximum absolute atomic E-state index is 13.8. The zero-order valence-corrected chi connectivity index (χ0v) is 14.8. The third-order valence-corrected chi connectivity index (χ3v) is 6.15. The van der Waals surface area contributed by atoms with Crippen molar-refractivity contribution in [2.45, 2.75) is 29.7 Å². The molecular weight excluding hydrogens is 395 g/mol. The molecule has 0 aliphatic carbocycles. The van der Waals surface area contributed by atoms with Crippen LogP contribution in [0.15, 0.2) is 41.4 Å². The number of anilines is 1. The Morgan fingerprint density at radius 2 is 1.70 bits per heavy atom. The van der Waals surface area contributed by atoms with Crippen LogP contribution in [0.5, 0.6) is 0 Å². The average Bonchev–Trinajstić information content (AvgIpc) is 2.56. The SMILES string of the molecule is CC(C)(C(=O)Nc1ccc(C(F)(F)F)cn1)S(=O)(=O)c1cc(F)ccc1F. The molecule has 0 spiro atoms. The molecule has 0 radical (unpaired) electrons. The molecule has 1 aromatic carbocycles. The molecule has 2 rings (SSSR count). The van der Waals surface area contributed by atoms with E-state index >= 15 is 0 Å². The second kappa shape index (κ2) is 6.87. The van der Waals surface area contributed by atoms with Crippen LogP contribution in [0.2, 0.25) is 0 Å². The molecule has 2 aromatic rings. The summed E-state index contributed by atoms with van der Waals surface area (Å²) < 4.78 is 87.6. The van der Waals surface area contributed by atoms with Gasteiger partial charge in [0.25, 0.3) is 0 Å². The van der Waals surface area contributed by atoms with E-state index in [0.717, 1.165) is 19.9 Å². The van der Waals surface area contributed by atoms with E-state index in [1.165, 1.54) is 0 Å². The van der Waals surface area contributed by atoms with Gasteiger partial charge in [-0.05, 0) is 44.2 Å². The fourth-order valence-corrected chi connectivity index (χ4v) is 3.42. The summed E-state index contributed by atoms with van der Waals surface area (Å²) in [6.07, 6.45) is -4.17. The number of amides is 1. The number of hydrogen-bond acceptors (Lipinski definition) is 4. The average molecular weight is 408 g/mol. The van der Waals surface area contributed by atoms with E-state index in [9.17, 15) is 35.2 Å². The molecular formula is C16H13F5N2O3S. The zero-order chi connectivity index (χ0) is 20.6. The molecule has 0 fully saturated rings. The minimum atomic E-state index is -4.68. The van der Waals surface area contributed by atoms with Crippen LogP contribution in [-0.2, 0) is 20.8 Å². The Morgan fingerprint density at radius 1 is 1.07 bits per heavy atom. The molecule has 1 aromatic heterocycles. The van der Waals surface area contributed by atoms with Crippen LogP contribution in [0.4, 0.5) is 27.8 Å². The molecule has 5 nitrogen and oxygen atoms in total. The molecule has 0 atom stereocenters. The molecule has 146 valence electrons. The van der Waals surface area contributed by atoms with Gasteiger partial charge in [-0.25, -0.2) is 22.2 Å². The number of pyridine rings is 1. The summed E-state index contributed by atoms with van der Waals surface area (Å²) in [4.78, 5) is 14.8. The van der Waals surface area contributed by atoms with Crippen molar-refractivity contribution >= 4 is 21.6 Å². The van der Waals surface area contributed by atoms with Gasteiger partial charge >= 0.3 is 6.18 Å². The Morgan fingerprint density at radius 3 is 2.22 bits per heavy atom. The van der Waals surface area contributed by atoms with Crippen molar-refractivity contribution in [2.75, 3.05) is 5.32 Å². The molecule has 1 amide bonds. The van der Waals surface area contributed by atoms with Gasteiger partial charge in [-0.3, -0.25) is 4.79 Å². The third kappa shape index (κ3) is 4.07. The molecule has 0 saturated carbocycles. The normalized spacial score (nSPS) is 12.7. The van der Waals surface area contributed by atoms with Crippen LogP contribution < -0.4 is 5.32 Å². The van der Waals surface area contributed by atoms with Crippen LogP contribution in [0.1, 0.15) is 19.4 Å². The molecule has 11 heteroatoms. The van der Waals surface area contributed by atoms with Crippen molar-refractivity contribution in [2.24, 2.45) is 0 Å². The van der Waals surface area contributed by atoms with Crippen LogP contribution in [0.3, 0.4) is 0 Å². The zero-order valence-electron chi connectivity index (χ0n) is 13.9. The first kappa shape index (κ1) is 20.7. The highest BCUT2D eigenvalue weighted by Crippen LogP contribution is 2.31. The summed E-state index contributed by atoms with van der Waals surface area (Å²) >= 11 is 0. The van der Waals surface area contributed by atoms with Crippen molar-refractivity contribution in [3.8, 4) is 0 Å². The first-order chi connectivity index (χ1) is 12.3. The number of benzene rings is 1. The second-order valence-electron chi connectivity index (χ2n) is 5.97. The van der Waals surface area contributed by atoms with Crippen LogP contribution in [0.25, 0.3) is 0 Å². The maximum Gasteiger partial charge on any atom is 0.417 e. The quantitative estimate of drug-likeness (QED) is 0.785. The number of carbonyl (C=O) groups is 1. The summed E-state index contributed by atoms with van der Waals surface area (Å²) in [5, 5.41) is 2.06. The van der Waals surface area contributed by atoms with E-state index in [2.05, 4.69) is 10.3 Å². The van der Waals surface area contributed by atoms with Crippen LogP contribution in [-0.4, -0.2) is 24.1 Å². The van der Waals surface area contributed by atoms with E-state index in [4.69, 9.17) is 0 Å². The summed E-state index contributed by atoms with van der Waals surface area (Å²) in [5.74, 6) is -3.78. The van der Waals surface area contributed by atoms with E-state index in [1.54, 1.807) is 0 Å². The smallest absolute Gasteiger partial charge is 0.309 e. The predicted octanol–water partition coefficient (Wildman–Crippen LogP) is 3.57. The highest BCUT2D eigenvalue weighted by Gasteiger charge is 2.44. The molecule has 1 N–H and O–H groups in total. The Kier molecular flexibility index (Phi) is 5.28. The van der Waals surface area contributed by atoms with E-state index in [1.807, 2.05) is 0 Å². The number of carbonyl (C=O) groups excluding carboxylic acids is 1. The van der Waals surface area contributed by atoms with Gasteiger partial charge in [-0.1, -0.05) is 0 Å². The second-order valence-corrected chi connectivity index (χ2v) is 8.44. The van der Waals surface area contributed by atoms with Gasteiger partial charge in [0.1, 0.15) is 27.1 Å². The third-order valence-electron chi connectivity index (χ3n) is 3.73. The molecule has 0 saturated heterocycles. The van der Waals surface area contributed by atoms with Crippen LogP contribution in [0, 0.1) is 11.6 Å². The lowest BCUT2D eigenvalue weighted by Gasteiger charge is -2.24. The van der Waals surface area contributed by atoms with Gasteiger partial charge in [0.05, 0.1) is 5.56 Å². The molecule has 1 heterocycles. The Balaban J connectivity index is 2.32. The van der Waals surface area contributed by atoms with E-state index < -0.39 is 48.8 Å². The van der Waals surface area contributed by atoms with Gasteiger partial charge in [-0.2, -0.15) is 13.2 Å². The minimum Gasteiger partial charge on any atom is -0.309 e. The highest BCUT2D eigenvalue weighted by molar-refractivity contribution is 7.93. The van der Waals surface area contributed by atoms with Crippen molar-refractivity contribution in [1.29, 1.82) is 0 Å². The summed E-state index contributed by atoms with van der Waals surface area (Å²) in [6.45, 7) is 1.90. The fraction of sp³-hybridized carbons (Fsp3) is 0.250. The lowest BCUT2D eigenvalue weighted by atomic mass is 10.2. The van der Waals surface area contributed by atoms with E-state index in [-0.39, 0.29) is 5.82 Å². The largest absolute Gasteiger partial charge is 0.417 e. The van der Waals surface area contributed by atoms with Gasteiger partial charge in [-0.15, -0.1) is 0 Å². The lowest BCUT2D eigenvalue weighted by Crippen LogP contribution is -2.45. The number of aromatic nitrogens is 1. The predicted molar refractivity (Wildman–Crippen MR) is 85.5 cm³/mol. The molecule has 0 aliphatic rings. The number of halogens is 5. The van der Waals surface area contributed by atoms with Crippen molar-refractivity contribution in [1.82, 2.24) is 4.98 Å². The topological polar surface area (TPSA) is 76.1 Å². The number of nitrogens with one attached hydrogen (secondary N) is 1. The first-order valence-corrected chi connectivity index (χ1v) is 8.79. The van der Waals surface area contributed by atoms with Crippen molar-refractivity contribution < 1.29 is 35.2 Å². The number of alkyl halides is 3. The van der Waals surface area contributed by atoms with Gasteiger partial charge in [0.2, 0.25) is 5.91 Å². The molecule has 27 heavy (non-hydrogen) atoms. The van der Waals surface area contributed by atoms with Gasteiger partial charge in [0, 0.05) is 6.20 Å². The lowest BCUT2D eigenvalue weighted by molar-refractivity contribution is -0.137. The molecule has 0 aliphatic heterocycles. The van der Waals surface area contributed by atoms with Gasteiger partial charge in [0.15, 0.2) is 9.84 Å². The number of hydrogen-bond donors (Lipinski definition) is 1. The van der Waals surface area contributed by atoms with Gasteiger partial charge < -0.3 is 5.32 Å². The highest BCUT2D eigenvalue weighted by atomic mass is 32.2. The molecule has 0 bridgehead atoms.